The van der Waals surface area contributed by atoms with Crippen LogP contribution in [0, 0.1) is 5.92 Å². The highest BCUT2D eigenvalue weighted by Crippen LogP contribution is 2.33. The number of rotatable bonds is 4. The topological polar surface area (TPSA) is 85.3 Å². The fraction of sp³-hybridized carbons (Fsp3) is 0.529. The van der Waals surface area contributed by atoms with Gasteiger partial charge >= 0.3 is 0 Å². The molecule has 0 saturated carbocycles. The molecule has 1 spiro atoms. The van der Waals surface area contributed by atoms with E-state index in [-0.39, 0.29) is 5.60 Å². The fourth-order valence-electron chi connectivity index (χ4n) is 3.48. The van der Waals surface area contributed by atoms with E-state index in [1.165, 1.54) is 0 Å². The number of aromatic nitrogens is 4. The number of hydrogen-bond acceptors (Lipinski definition) is 8. The molecule has 0 aliphatic carbocycles. The van der Waals surface area contributed by atoms with Crippen LogP contribution in [0.25, 0.3) is 0 Å². The van der Waals surface area contributed by atoms with E-state index in [1.54, 1.807) is 24.9 Å². The quantitative estimate of drug-likeness (QED) is 0.880. The van der Waals surface area contributed by atoms with Crippen LogP contribution in [0.15, 0.2) is 37.1 Å². The van der Waals surface area contributed by atoms with Crippen molar-refractivity contribution in [3.05, 3.63) is 37.1 Å². The minimum absolute atomic E-state index is 0.286. The molecule has 0 unspecified atom stereocenters. The van der Waals surface area contributed by atoms with Crippen molar-refractivity contribution < 1.29 is 9.47 Å². The molecule has 2 saturated heterocycles. The summed E-state index contributed by atoms with van der Waals surface area (Å²) in [6, 6.07) is 3.74. The first-order chi connectivity index (χ1) is 12.3. The minimum Gasteiger partial charge on any atom is -0.377 e. The molecule has 25 heavy (non-hydrogen) atoms. The predicted octanol–water partition coefficient (Wildman–Crippen LogP) is 0.991. The second-order valence-electron chi connectivity index (χ2n) is 6.56. The van der Waals surface area contributed by atoms with Crippen molar-refractivity contribution in [2.24, 2.45) is 5.92 Å². The van der Waals surface area contributed by atoms with Crippen LogP contribution in [0.3, 0.4) is 0 Å². The molecule has 4 heterocycles. The van der Waals surface area contributed by atoms with Crippen LogP contribution < -0.4 is 10.2 Å². The SMILES string of the molecule is c1cnc(NC[C@H]2CO[C@]3(COCCN(c4ccncn4)C3)C2)nc1. The van der Waals surface area contributed by atoms with Crippen molar-refractivity contribution in [2.75, 3.05) is 49.7 Å². The molecule has 2 aliphatic heterocycles. The summed E-state index contributed by atoms with van der Waals surface area (Å²) in [4.78, 5) is 19.0. The molecule has 0 aromatic carbocycles. The van der Waals surface area contributed by atoms with Crippen LogP contribution in [0.4, 0.5) is 11.8 Å². The van der Waals surface area contributed by atoms with Gasteiger partial charge in [-0.05, 0) is 18.6 Å². The van der Waals surface area contributed by atoms with Gasteiger partial charge in [-0.3, -0.25) is 0 Å². The molecular weight excluding hydrogens is 320 g/mol. The van der Waals surface area contributed by atoms with E-state index in [0.717, 1.165) is 31.9 Å². The number of nitrogens with zero attached hydrogens (tertiary/aromatic N) is 5. The van der Waals surface area contributed by atoms with Crippen LogP contribution in [0.5, 0.6) is 0 Å². The standard InChI is InChI=1S/C17H22N6O2/c1-3-19-16(20-4-1)21-9-14-8-17(25-10-14)11-23(6-7-24-12-17)15-2-5-18-13-22-15/h1-5,13-14H,6-12H2,(H,19,20,21)/t14-,17+/m0/s1. The minimum atomic E-state index is -0.286. The summed E-state index contributed by atoms with van der Waals surface area (Å²) in [5.41, 5.74) is -0.286. The van der Waals surface area contributed by atoms with Gasteiger partial charge < -0.3 is 19.7 Å². The van der Waals surface area contributed by atoms with Gasteiger partial charge in [0.25, 0.3) is 0 Å². The second kappa shape index (κ2) is 7.28. The monoisotopic (exact) mass is 342 g/mol. The maximum absolute atomic E-state index is 6.22. The molecule has 0 amide bonds. The Labute approximate surface area is 146 Å². The lowest BCUT2D eigenvalue weighted by atomic mass is 9.94. The fourth-order valence-corrected chi connectivity index (χ4v) is 3.48. The summed E-state index contributed by atoms with van der Waals surface area (Å²) in [7, 11) is 0. The van der Waals surface area contributed by atoms with E-state index < -0.39 is 0 Å². The summed E-state index contributed by atoms with van der Waals surface area (Å²) >= 11 is 0. The first-order valence-corrected chi connectivity index (χ1v) is 8.57. The molecule has 4 rings (SSSR count). The molecule has 2 aromatic rings. The highest BCUT2D eigenvalue weighted by atomic mass is 16.5. The molecule has 132 valence electrons. The first kappa shape index (κ1) is 16.2. The Hall–Kier alpha value is -2.32. The second-order valence-corrected chi connectivity index (χ2v) is 6.56. The van der Waals surface area contributed by atoms with Gasteiger partial charge in [0.15, 0.2) is 0 Å². The van der Waals surface area contributed by atoms with E-state index in [4.69, 9.17) is 9.47 Å². The van der Waals surface area contributed by atoms with Gasteiger partial charge in [0.1, 0.15) is 17.7 Å². The van der Waals surface area contributed by atoms with Crippen molar-refractivity contribution in [1.29, 1.82) is 0 Å². The molecule has 2 aliphatic rings. The number of nitrogens with one attached hydrogen (secondary N) is 1. The van der Waals surface area contributed by atoms with Crippen LogP contribution in [-0.2, 0) is 9.47 Å². The van der Waals surface area contributed by atoms with Crippen molar-refractivity contribution >= 4 is 11.8 Å². The van der Waals surface area contributed by atoms with Gasteiger partial charge in [0, 0.05) is 37.6 Å². The summed E-state index contributed by atoms with van der Waals surface area (Å²) in [6.45, 7) is 4.38. The van der Waals surface area contributed by atoms with Crippen molar-refractivity contribution in [3.8, 4) is 0 Å². The molecule has 2 fully saturated rings. The number of anilines is 2. The molecule has 0 radical (unpaired) electrons. The van der Waals surface area contributed by atoms with Gasteiger partial charge in [-0.2, -0.15) is 0 Å². The Kier molecular flexibility index (Phi) is 4.71. The normalized spacial score (nSPS) is 26.6. The van der Waals surface area contributed by atoms with E-state index >= 15 is 0 Å². The maximum atomic E-state index is 6.22. The van der Waals surface area contributed by atoms with Crippen molar-refractivity contribution in [2.45, 2.75) is 12.0 Å². The third kappa shape index (κ3) is 3.85. The lowest BCUT2D eigenvalue weighted by Crippen LogP contribution is -2.44. The van der Waals surface area contributed by atoms with Gasteiger partial charge in [0.05, 0.1) is 26.4 Å². The molecule has 0 bridgehead atoms. The van der Waals surface area contributed by atoms with Gasteiger partial charge in [0.2, 0.25) is 5.95 Å². The Morgan fingerprint density at radius 1 is 1.24 bits per heavy atom. The van der Waals surface area contributed by atoms with Crippen LogP contribution in [-0.4, -0.2) is 65.0 Å². The third-order valence-electron chi connectivity index (χ3n) is 4.64. The Morgan fingerprint density at radius 2 is 2.16 bits per heavy atom. The Bertz CT molecular complexity index is 673. The molecule has 8 nitrogen and oxygen atoms in total. The summed E-state index contributed by atoms with van der Waals surface area (Å²) in [5, 5.41) is 3.29. The Morgan fingerprint density at radius 3 is 3.00 bits per heavy atom. The predicted molar refractivity (Wildman–Crippen MR) is 92.4 cm³/mol. The highest BCUT2D eigenvalue weighted by molar-refractivity contribution is 5.37. The first-order valence-electron chi connectivity index (χ1n) is 8.57. The smallest absolute Gasteiger partial charge is 0.222 e. The zero-order valence-electron chi connectivity index (χ0n) is 14.0. The largest absolute Gasteiger partial charge is 0.377 e. The number of ether oxygens (including phenoxy) is 2. The van der Waals surface area contributed by atoms with Gasteiger partial charge in [-0.1, -0.05) is 0 Å². The third-order valence-corrected chi connectivity index (χ3v) is 4.64. The molecular formula is C17H22N6O2. The summed E-state index contributed by atoms with van der Waals surface area (Å²) in [5.74, 6) is 1.98. The van der Waals surface area contributed by atoms with E-state index in [0.29, 0.717) is 31.7 Å². The Balaban J connectivity index is 1.39. The lowest BCUT2D eigenvalue weighted by molar-refractivity contribution is -0.0457. The highest BCUT2D eigenvalue weighted by Gasteiger charge is 2.43. The lowest BCUT2D eigenvalue weighted by Gasteiger charge is -2.31. The maximum Gasteiger partial charge on any atom is 0.222 e. The molecule has 8 heteroatoms. The molecule has 2 atom stereocenters. The van der Waals surface area contributed by atoms with E-state index in [9.17, 15) is 0 Å². The van der Waals surface area contributed by atoms with Crippen molar-refractivity contribution in [3.63, 3.8) is 0 Å². The zero-order valence-corrected chi connectivity index (χ0v) is 14.0. The summed E-state index contributed by atoms with van der Waals surface area (Å²) < 4.78 is 12.1. The van der Waals surface area contributed by atoms with Crippen LogP contribution in [0.1, 0.15) is 6.42 Å². The molecule has 2 aromatic heterocycles. The van der Waals surface area contributed by atoms with Gasteiger partial charge in [-0.25, -0.2) is 19.9 Å². The van der Waals surface area contributed by atoms with Crippen LogP contribution in [0.2, 0.25) is 0 Å². The zero-order chi connectivity index (χ0) is 17.0. The average Bonchev–Trinajstić information content (AvgIpc) is 2.94. The van der Waals surface area contributed by atoms with E-state index in [2.05, 4.69) is 30.2 Å². The van der Waals surface area contributed by atoms with Gasteiger partial charge in [-0.15, -0.1) is 0 Å². The molecule has 1 N–H and O–H groups in total. The average molecular weight is 342 g/mol. The van der Waals surface area contributed by atoms with Crippen LogP contribution >= 0.6 is 0 Å². The number of hydrogen-bond donors (Lipinski definition) is 1. The summed E-state index contributed by atoms with van der Waals surface area (Å²) in [6.07, 6.45) is 7.76. The van der Waals surface area contributed by atoms with Crippen molar-refractivity contribution in [1.82, 2.24) is 19.9 Å². The van der Waals surface area contributed by atoms with E-state index in [1.807, 2.05) is 12.1 Å².